The third kappa shape index (κ3) is 4.40. The molecule has 0 radical (unpaired) electrons. The van der Waals surface area contributed by atoms with E-state index in [0.717, 1.165) is 17.8 Å². The van der Waals surface area contributed by atoms with Crippen LogP contribution in [-0.4, -0.2) is 24.0 Å². The molecule has 4 nitrogen and oxygen atoms in total. The molecule has 0 saturated carbocycles. The second-order valence-corrected chi connectivity index (χ2v) is 4.27. The number of carbonyl (C=O) groups is 1. The van der Waals surface area contributed by atoms with Crippen LogP contribution in [0.5, 0.6) is 0 Å². The van der Waals surface area contributed by atoms with Crippen molar-refractivity contribution < 1.29 is 4.79 Å². The number of carbonyl (C=O) groups excluding carboxylic acids is 1. The molecule has 5 heteroatoms. The summed E-state index contributed by atoms with van der Waals surface area (Å²) in [6.45, 7) is 5.17. The number of nitrogens with zero attached hydrogens (tertiary/aromatic N) is 1. The summed E-state index contributed by atoms with van der Waals surface area (Å²) >= 11 is 1.60. The lowest BCUT2D eigenvalue weighted by atomic mass is 10.3. The first-order valence-corrected chi connectivity index (χ1v) is 6.00. The number of amides is 1. The molecule has 0 saturated heterocycles. The molecule has 1 heterocycles. The minimum Gasteiger partial charge on any atom is -0.355 e. The van der Waals surface area contributed by atoms with E-state index >= 15 is 0 Å². The van der Waals surface area contributed by atoms with Gasteiger partial charge in [-0.3, -0.25) is 9.78 Å². The normalized spacial score (nSPS) is 12.4. The summed E-state index contributed by atoms with van der Waals surface area (Å²) in [5.41, 5.74) is 1.80. The van der Waals surface area contributed by atoms with E-state index < -0.39 is 0 Å². The SMILES string of the molecule is CCCNC(=O)CNC(C)c1cncs1. The lowest BCUT2D eigenvalue weighted by Gasteiger charge is -2.11. The van der Waals surface area contributed by atoms with Crippen molar-refractivity contribution in [3.05, 3.63) is 16.6 Å². The molecule has 0 spiro atoms. The third-order valence-corrected chi connectivity index (χ3v) is 2.98. The maximum Gasteiger partial charge on any atom is 0.233 e. The third-order valence-electron chi connectivity index (χ3n) is 2.02. The van der Waals surface area contributed by atoms with Gasteiger partial charge in [-0.15, -0.1) is 11.3 Å². The lowest BCUT2D eigenvalue weighted by Crippen LogP contribution is -2.35. The van der Waals surface area contributed by atoms with Gasteiger partial charge in [0.2, 0.25) is 5.91 Å². The van der Waals surface area contributed by atoms with Gasteiger partial charge in [-0.25, -0.2) is 0 Å². The van der Waals surface area contributed by atoms with Crippen LogP contribution in [-0.2, 0) is 4.79 Å². The molecule has 1 unspecified atom stereocenters. The van der Waals surface area contributed by atoms with Gasteiger partial charge in [-0.05, 0) is 13.3 Å². The first-order valence-electron chi connectivity index (χ1n) is 5.12. The van der Waals surface area contributed by atoms with Crippen LogP contribution >= 0.6 is 11.3 Å². The molecule has 0 bridgehead atoms. The molecule has 0 aromatic carbocycles. The second kappa shape index (κ2) is 6.53. The van der Waals surface area contributed by atoms with Crippen molar-refractivity contribution in [1.29, 1.82) is 0 Å². The fraction of sp³-hybridized carbons (Fsp3) is 0.600. The monoisotopic (exact) mass is 227 g/mol. The Labute approximate surface area is 94.1 Å². The van der Waals surface area contributed by atoms with Crippen molar-refractivity contribution in [3.63, 3.8) is 0 Å². The molecular weight excluding hydrogens is 210 g/mol. The Hall–Kier alpha value is -0.940. The molecule has 1 rings (SSSR count). The summed E-state index contributed by atoms with van der Waals surface area (Å²) < 4.78 is 0. The van der Waals surface area contributed by atoms with Gasteiger partial charge in [0.1, 0.15) is 0 Å². The molecule has 2 N–H and O–H groups in total. The Kier molecular flexibility index (Phi) is 5.28. The zero-order valence-corrected chi connectivity index (χ0v) is 9.93. The molecule has 1 aromatic rings. The zero-order valence-electron chi connectivity index (χ0n) is 9.12. The topological polar surface area (TPSA) is 54.0 Å². The fourth-order valence-electron chi connectivity index (χ4n) is 1.11. The van der Waals surface area contributed by atoms with Crippen LogP contribution in [0.15, 0.2) is 11.7 Å². The minimum absolute atomic E-state index is 0.0493. The molecule has 15 heavy (non-hydrogen) atoms. The standard InChI is InChI=1S/C10H17N3OS/c1-3-4-12-10(14)6-13-8(2)9-5-11-7-15-9/h5,7-8,13H,3-4,6H2,1-2H3,(H,12,14). The summed E-state index contributed by atoms with van der Waals surface area (Å²) in [5.74, 6) is 0.0493. The lowest BCUT2D eigenvalue weighted by molar-refractivity contribution is -0.120. The van der Waals surface area contributed by atoms with Crippen LogP contribution in [0.25, 0.3) is 0 Å². The molecule has 0 fully saturated rings. The summed E-state index contributed by atoms with van der Waals surface area (Å²) in [6, 6.07) is 0.185. The van der Waals surface area contributed by atoms with Crippen molar-refractivity contribution in [2.45, 2.75) is 26.3 Å². The molecule has 84 valence electrons. The molecule has 0 aliphatic rings. The molecule has 1 amide bonds. The number of nitrogens with one attached hydrogen (secondary N) is 2. The van der Waals surface area contributed by atoms with E-state index in [1.165, 1.54) is 0 Å². The largest absolute Gasteiger partial charge is 0.355 e. The Morgan fingerprint density at radius 3 is 3.07 bits per heavy atom. The Morgan fingerprint density at radius 2 is 2.47 bits per heavy atom. The van der Waals surface area contributed by atoms with Gasteiger partial charge in [0.15, 0.2) is 0 Å². The average molecular weight is 227 g/mol. The van der Waals surface area contributed by atoms with Crippen molar-refractivity contribution in [2.24, 2.45) is 0 Å². The predicted octanol–water partition coefficient (Wildman–Crippen LogP) is 1.32. The highest BCUT2D eigenvalue weighted by atomic mass is 32.1. The fourth-order valence-corrected chi connectivity index (χ4v) is 1.77. The van der Waals surface area contributed by atoms with Gasteiger partial charge >= 0.3 is 0 Å². The van der Waals surface area contributed by atoms with Crippen LogP contribution in [0.3, 0.4) is 0 Å². The number of aromatic nitrogens is 1. The van der Waals surface area contributed by atoms with Crippen LogP contribution in [0.1, 0.15) is 31.2 Å². The molecular formula is C10H17N3OS. The maximum absolute atomic E-state index is 11.3. The maximum atomic E-state index is 11.3. The van der Waals surface area contributed by atoms with Crippen LogP contribution in [0.2, 0.25) is 0 Å². The van der Waals surface area contributed by atoms with Crippen LogP contribution in [0, 0.1) is 0 Å². The van der Waals surface area contributed by atoms with Gasteiger partial charge in [0.25, 0.3) is 0 Å². The zero-order chi connectivity index (χ0) is 11.1. The predicted molar refractivity (Wildman–Crippen MR) is 61.8 cm³/mol. The molecule has 0 aliphatic carbocycles. The van der Waals surface area contributed by atoms with E-state index in [1.807, 2.05) is 20.0 Å². The van der Waals surface area contributed by atoms with Gasteiger partial charge in [0.05, 0.1) is 12.1 Å². The Bertz CT molecular complexity index is 287. The number of thiazole rings is 1. The first-order chi connectivity index (χ1) is 7.24. The first kappa shape index (κ1) is 12.1. The summed E-state index contributed by atoms with van der Waals surface area (Å²) in [6.07, 6.45) is 2.79. The van der Waals surface area contributed by atoms with E-state index in [2.05, 4.69) is 15.6 Å². The van der Waals surface area contributed by atoms with Gasteiger partial charge in [-0.2, -0.15) is 0 Å². The average Bonchev–Trinajstić information content (AvgIpc) is 2.76. The Balaban J connectivity index is 2.22. The van der Waals surface area contributed by atoms with Crippen LogP contribution < -0.4 is 10.6 Å². The number of hydrogen-bond acceptors (Lipinski definition) is 4. The number of rotatable bonds is 6. The van der Waals surface area contributed by atoms with Crippen molar-refractivity contribution in [1.82, 2.24) is 15.6 Å². The number of hydrogen-bond donors (Lipinski definition) is 2. The summed E-state index contributed by atoms with van der Waals surface area (Å²) in [5, 5.41) is 5.97. The quantitative estimate of drug-likeness (QED) is 0.770. The second-order valence-electron chi connectivity index (χ2n) is 3.36. The van der Waals surface area contributed by atoms with E-state index in [-0.39, 0.29) is 11.9 Å². The summed E-state index contributed by atoms with van der Waals surface area (Å²) in [7, 11) is 0. The minimum atomic E-state index is 0.0493. The van der Waals surface area contributed by atoms with Gasteiger partial charge in [-0.1, -0.05) is 6.92 Å². The van der Waals surface area contributed by atoms with Crippen molar-refractivity contribution >= 4 is 17.2 Å². The van der Waals surface area contributed by atoms with E-state index in [9.17, 15) is 4.79 Å². The van der Waals surface area contributed by atoms with Gasteiger partial charge in [0, 0.05) is 23.7 Å². The summed E-state index contributed by atoms with van der Waals surface area (Å²) in [4.78, 5) is 16.4. The highest BCUT2D eigenvalue weighted by Gasteiger charge is 2.08. The van der Waals surface area contributed by atoms with Crippen LogP contribution in [0.4, 0.5) is 0 Å². The van der Waals surface area contributed by atoms with Crippen molar-refractivity contribution in [2.75, 3.05) is 13.1 Å². The van der Waals surface area contributed by atoms with Crippen molar-refractivity contribution in [3.8, 4) is 0 Å². The molecule has 1 aromatic heterocycles. The molecule has 0 aliphatic heterocycles. The highest BCUT2D eigenvalue weighted by molar-refractivity contribution is 7.09. The van der Waals surface area contributed by atoms with E-state index in [0.29, 0.717) is 6.54 Å². The Morgan fingerprint density at radius 1 is 1.67 bits per heavy atom. The molecule has 1 atom stereocenters. The van der Waals surface area contributed by atoms with Gasteiger partial charge < -0.3 is 10.6 Å². The van der Waals surface area contributed by atoms with E-state index in [1.54, 1.807) is 16.8 Å². The smallest absolute Gasteiger partial charge is 0.233 e. The van der Waals surface area contributed by atoms with E-state index in [4.69, 9.17) is 0 Å². The highest BCUT2D eigenvalue weighted by Crippen LogP contribution is 2.15.